The van der Waals surface area contributed by atoms with Gasteiger partial charge in [0, 0.05) is 25.4 Å². The number of carbonyl (C=O) groups excluding carboxylic acids is 1. The molecule has 0 bridgehead atoms. The standard InChI is InChI=1S/C11H17NO2/c1-4-8-12(9-5-2)10-7-11(13)14-6-3/h4-5,7,10H,1-2,6,8-9H2,3H3. The lowest BCUT2D eigenvalue weighted by Crippen LogP contribution is -2.17. The van der Waals surface area contributed by atoms with Gasteiger partial charge < -0.3 is 9.64 Å². The molecule has 0 aliphatic carbocycles. The zero-order valence-corrected chi connectivity index (χ0v) is 8.61. The first-order valence-corrected chi connectivity index (χ1v) is 4.55. The monoisotopic (exact) mass is 195 g/mol. The summed E-state index contributed by atoms with van der Waals surface area (Å²) in [4.78, 5) is 12.9. The number of carbonyl (C=O) groups is 1. The van der Waals surface area contributed by atoms with Crippen LogP contribution in [0.15, 0.2) is 37.6 Å². The fourth-order valence-electron chi connectivity index (χ4n) is 0.885. The van der Waals surface area contributed by atoms with E-state index >= 15 is 0 Å². The Morgan fingerprint density at radius 1 is 1.36 bits per heavy atom. The lowest BCUT2D eigenvalue weighted by molar-refractivity contribution is -0.137. The molecule has 3 nitrogen and oxygen atoms in total. The van der Waals surface area contributed by atoms with Crippen LogP contribution in [0.1, 0.15) is 6.92 Å². The number of esters is 1. The zero-order valence-electron chi connectivity index (χ0n) is 8.61. The Bertz CT molecular complexity index is 211. The average Bonchev–Trinajstić information content (AvgIpc) is 2.15. The van der Waals surface area contributed by atoms with E-state index in [1.807, 2.05) is 4.90 Å². The second-order valence-corrected chi connectivity index (χ2v) is 2.60. The molecule has 0 atom stereocenters. The topological polar surface area (TPSA) is 29.5 Å². The van der Waals surface area contributed by atoms with E-state index in [1.54, 1.807) is 25.3 Å². The SMILES string of the molecule is C=CCN(C=CC(=O)OCC)CC=C. The van der Waals surface area contributed by atoms with Crippen LogP contribution in [0.2, 0.25) is 0 Å². The first-order valence-electron chi connectivity index (χ1n) is 4.55. The average molecular weight is 195 g/mol. The largest absolute Gasteiger partial charge is 0.463 e. The van der Waals surface area contributed by atoms with Crippen molar-refractivity contribution in [3.05, 3.63) is 37.6 Å². The van der Waals surface area contributed by atoms with E-state index in [0.29, 0.717) is 19.7 Å². The van der Waals surface area contributed by atoms with Crippen LogP contribution in [0.5, 0.6) is 0 Å². The van der Waals surface area contributed by atoms with Gasteiger partial charge in [-0.1, -0.05) is 12.2 Å². The third kappa shape index (κ3) is 6.06. The fraction of sp³-hybridized carbons (Fsp3) is 0.364. The fourth-order valence-corrected chi connectivity index (χ4v) is 0.885. The summed E-state index contributed by atoms with van der Waals surface area (Å²) < 4.78 is 4.74. The molecule has 0 aliphatic heterocycles. The summed E-state index contributed by atoms with van der Waals surface area (Å²) in [6, 6.07) is 0. The van der Waals surface area contributed by atoms with Gasteiger partial charge in [0.25, 0.3) is 0 Å². The smallest absolute Gasteiger partial charge is 0.332 e. The zero-order chi connectivity index (χ0) is 10.8. The second kappa shape index (κ2) is 8.10. The van der Waals surface area contributed by atoms with Crippen LogP contribution in [0.25, 0.3) is 0 Å². The Kier molecular flexibility index (Phi) is 7.23. The Morgan fingerprint density at radius 2 is 1.93 bits per heavy atom. The molecule has 0 aromatic carbocycles. The van der Waals surface area contributed by atoms with E-state index < -0.39 is 0 Å². The predicted octanol–water partition coefficient (Wildman–Crippen LogP) is 1.74. The van der Waals surface area contributed by atoms with Crippen molar-refractivity contribution in [2.75, 3.05) is 19.7 Å². The Morgan fingerprint density at radius 3 is 2.36 bits per heavy atom. The van der Waals surface area contributed by atoms with Crippen LogP contribution in [0.3, 0.4) is 0 Å². The highest BCUT2D eigenvalue weighted by Gasteiger charge is 1.96. The first-order chi connectivity index (χ1) is 6.74. The highest BCUT2D eigenvalue weighted by Crippen LogP contribution is 1.92. The third-order valence-electron chi connectivity index (χ3n) is 1.44. The molecule has 0 amide bonds. The molecule has 0 unspecified atom stereocenters. The third-order valence-corrected chi connectivity index (χ3v) is 1.44. The van der Waals surface area contributed by atoms with Crippen LogP contribution in [0, 0.1) is 0 Å². The molecule has 0 aliphatic rings. The van der Waals surface area contributed by atoms with Crippen molar-refractivity contribution in [1.82, 2.24) is 4.90 Å². The summed E-state index contributed by atoms with van der Waals surface area (Å²) >= 11 is 0. The minimum absolute atomic E-state index is 0.328. The van der Waals surface area contributed by atoms with E-state index in [9.17, 15) is 4.79 Å². The van der Waals surface area contributed by atoms with Crippen LogP contribution < -0.4 is 0 Å². The molecule has 78 valence electrons. The summed E-state index contributed by atoms with van der Waals surface area (Å²) in [5.74, 6) is -0.328. The van der Waals surface area contributed by atoms with E-state index in [1.165, 1.54) is 6.08 Å². The molecule has 0 aromatic heterocycles. The highest BCUT2D eigenvalue weighted by atomic mass is 16.5. The van der Waals surface area contributed by atoms with E-state index in [4.69, 9.17) is 4.74 Å². The minimum Gasteiger partial charge on any atom is -0.463 e. The maximum atomic E-state index is 11.0. The van der Waals surface area contributed by atoms with Crippen molar-refractivity contribution < 1.29 is 9.53 Å². The molecular weight excluding hydrogens is 178 g/mol. The Balaban J connectivity index is 4.05. The van der Waals surface area contributed by atoms with Gasteiger partial charge in [0.05, 0.1) is 6.61 Å². The van der Waals surface area contributed by atoms with Crippen molar-refractivity contribution in [1.29, 1.82) is 0 Å². The molecule has 3 heteroatoms. The number of ether oxygens (including phenoxy) is 1. The van der Waals surface area contributed by atoms with Gasteiger partial charge in [0.15, 0.2) is 0 Å². The van der Waals surface area contributed by atoms with Crippen LogP contribution in [-0.2, 0) is 9.53 Å². The molecular formula is C11H17NO2. The summed E-state index contributed by atoms with van der Waals surface area (Å²) in [6.45, 7) is 10.8. The molecule has 0 spiro atoms. The van der Waals surface area contributed by atoms with Gasteiger partial charge in [-0.15, -0.1) is 13.2 Å². The summed E-state index contributed by atoms with van der Waals surface area (Å²) in [5, 5.41) is 0. The van der Waals surface area contributed by atoms with Crippen LogP contribution in [-0.4, -0.2) is 30.6 Å². The summed E-state index contributed by atoms with van der Waals surface area (Å²) in [6.07, 6.45) is 6.61. The van der Waals surface area contributed by atoms with Crippen LogP contribution >= 0.6 is 0 Å². The molecule has 0 aromatic rings. The Labute approximate surface area is 85.4 Å². The lowest BCUT2D eigenvalue weighted by Gasteiger charge is -2.15. The van der Waals surface area contributed by atoms with E-state index in [-0.39, 0.29) is 5.97 Å². The lowest BCUT2D eigenvalue weighted by atomic mass is 10.4. The number of hydrogen-bond donors (Lipinski definition) is 0. The minimum atomic E-state index is -0.328. The number of nitrogens with zero attached hydrogens (tertiary/aromatic N) is 1. The van der Waals surface area contributed by atoms with Gasteiger partial charge >= 0.3 is 5.97 Å². The van der Waals surface area contributed by atoms with Gasteiger partial charge in [0.2, 0.25) is 0 Å². The molecule has 0 rings (SSSR count). The number of hydrogen-bond acceptors (Lipinski definition) is 3. The van der Waals surface area contributed by atoms with Gasteiger partial charge in [-0.05, 0) is 6.92 Å². The Hall–Kier alpha value is -1.51. The quantitative estimate of drug-likeness (QED) is 0.352. The molecule has 0 radical (unpaired) electrons. The molecule has 14 heavy (non-hydrogen) atoms. The van der Waals surface area contributed by atoms with E-state index in [0.717, 1.165) is 0 Å². The second-order valence-electron chi connectivity index (χ2n) is 2.60. The van der Waals surface area contributed by atoms with Crippen molar-refractivity contribution in [3.8, 4) is 0 Å². The van der Waals surface area contributed by atoms with Crippen molar-refractivity contribution in [3.63, 3.8) is 0 Å². The summed E-state index contributed by atoms with van der Waals surface area (Å²) in [5.41, 5.74) is 0. The maximum Gasteiger partial charge on any atom is 0.332 e. The number of rotatable bonds is 7. The predicted molar refractivity (Wildman–Crippen MR) is 57.7 cm³/mol. The van der Waals surface area contributed by atoms with E-state index in [2.05, 4.69) is 13.2 Å². The molecule has 0 fully saturated rings. The van der Waals surface area contributed by atoms with Crippen molar-refractivity contribution in [2.45, 2.75) is 6.92 Å². The highest BCUT2D eigenvalue weighted by molar-refractivity contribution is 5.81. The summed E-state index contributed by atoms with van der Waals surface area (Å²) in [7, 11) is 0. The van der Waals surface area contributed by atoms with Gasteiger partial charge in [-0.25, -0.2) is 4.79 Å². The van der Waals surface area contributed by atoms with Gasteiger partial charge in [0.1, 0.15) is 0 Å². The molecule has 0 N–H and O–H groups in total. The maximum absolute atomic E-state index is 11.0. The van der Waals surface area contributed by atoms with Crippen LogP contribution in [0.4, 0.5) is 0 Å². The molecule has 0 heterocycles. The van der Waals surface area contributed by atoms with Crippen molar-refractivity contribution in [2.24, 2.45) is 0 Å². The molecule has 0 saturated heterocycles. The normalized spacial score (nSPS) is 9.79. The molecule has 0 saturated carbocycles. The van der Waals surface area contributed by atoms with Gasteiger partial charge in [-0.2, -0.15) is 0 Å². The first kappa shape index (κ1) is 12.5. The van der Waals surface area contributed by atoms with Gasteiger partial charge in [-0.3, -0.25) is 0 Å². The van der Waals surface area contributed by atoms with Crippen molar-refractivity contribution >= 4 is 5.97 Å².